The summed E-state index contributed by atoms with van der Waals surface area (Å²) in [5.41, 5.74) is 4.29. The number of benzene rings is 3. The number of anilines is 2. The Morgan fingerprint density at radius 3 is 2.27 bits per heavy atom. The van der Waals surface area contributed by atoms with Crippen molar-refractivity contribution in [2.24, 2.45) is 0 Å². The predicted molar refractivity (Wildman–Crippen MR) is 132 cm³/mol. The molecule has 0 saturated heterocycles. The second-order valence-corrected chi connectivity index (χ2v) is 8.10. The van der Waals surface area contributed by atoms with Crippen LogP contribution in [0.4, 0.5) is 11.4 Å². The summed E-state index contributed by atoms with van der Waals surface area (Å²) in [7, 11) is 1.70. The molecule has 4 rings (SSSR count). The molecule has 0 atom stereocenters. The lowest BCUT2D eigenvalue weighted by Gasteiger charge is -2.15. The summed E-state index contributed by atoms with van der Waals surface area (Å²) in [6, 6.07) is 24.3. The summed E-state index contributed by atoms with van der Waals surface area (Å²) in [5.74, 6) is -0.336. The molecule has 1 aromatic heterocycles. The van der Waals surface area contributed by atoms with E-state index in [4.69, 9.17) is 16.7 Å². The van der Waals surface area contributed by atoms with E-state index in [-0.39, 0.29) is 11.8 Å². The first-order chi connectivity index (χ1) is 15.9. The molecule has 1 heterocycles. The average Bonchev–Trinajstić information content (AvgIpc) is 3.24. The summed E-state index contributed by atoms with van der Waals surface area (Å²) >= 11 is 6.05. The molecular formula is C26H23ClN4O2. The molecule has 0 radical (unpaired) electrons. The van der Waals surface area contributed by atoms with E-state index in [0.29, 0.717) is 28.5 Å². The van der Waals surface area contributed by atoms with Gasteiger partial charge in [-0.1, -0.05) is 54.1 Å². The molecule has 33 heavy (non-hydrogen) atoms. The fourth-order valence-electron chi connectivity index (χ4n) is 3.41. The molecule has 0 fully saturated rings. The van der Waals surface area contributed by atoms with Crippen LogP contribution in [0, 0.1) is 0 Å². The number of nitrogens with one attached hydrogen (secondary N) is 1. The van der Waals surface area contributed by atoms with E-state index in [1.54, 1.807) is 54.3 Å². The van der Waals surface area contributed by atoms with E-state index in [0.717, 1.165) is 16.8 Å². The lowest BCUT2D eigenvalue weighted by molar-refractivity contribution is -0.116. The fourth-order valence-corrected chi connectivity index (χ4v) is 3.53. The average molecular weight is 459 g/mol. The monoisotopic (exact) mass is 458 g/mol. The van der Waals surface area contributed by atoms with Crippen LogP contribution in [0.1, 0.15) is 22.8 Å². The van der Waals surface area contributed by atoms with E-state index >= 15 is 0 Å². The largest absolute Gasteiger partial charge is 0.322 e. The molecule has 0 spiro atoms. The van der Waals surface area contributed by atoms with Crippen molar-refractivity contribution in [2.45, 2.75) is 13.5 Å². The van der Waals surface area contributed by atoms with Crippen molar-refractivity contribution in [1.82, 2.24) is 9.78 Å². The van der Waals surface area contributed by atoms with Gasteiger partial charge in [0.05, 0.1) is 12.1 Å². The lowest BCUT2D eigenvalue weighted by Crippen LogP contribution is -2.22. The van der Waals surface area contributed by atoms with Gasteiger partial charge in [0.15, 0.2) is 0 Å². The van der Waals surface area contributed by atoms with Gasteiger partial charge in [-0.2, -0.15) is 5.10 Å². The molecule has 6 nitrogen and oxygen atoms in total. The minimum Gasteiger partial charge on any atom is -0.322 e. The number of rotatable bonds is 6. The van der Waals surface area contributed by atoms with Gasteiger partial charge in [-0.05, 0) is 42.0 Å². The molecule has 0 aliphatic carbocycles. The van der Waals surface area contributed by atoms with Gasteiger partial charge in [0.25, 0.3) is 5.91 Å². The highest BCUT2D eigenvalue weighted by Crippen LogP contribution is 2.26. The Labute approximate surface area is 197 Å². The van der Waals surface area contributed by atoms with Crippen molar-refractivity contribution in [3.8, 4) is 11.3 Å². The van der Waals surface area contributed by atoms with Gasteiger partial charge in [0.2, 0.25) is 5.91 Å². The van der Waals surface area contributed by atoms with Crippen molar-refractivity contribution in [1.29, 1.82) is 0 Å². The van der Waals surface area contributed by atoms with Crippen molar-refractivity contribution >= 4 is 34.8 Å². The number of hydrogen-bond acceptors (Lipinski definition) is 3. The van der Waals surface area contributed by atoms with Gasteiger partial charge in [-0.25, -0.2) is 0 Å². The van der Waals surface area contributed by atoms with Crippen molar-refractivity contribution in [3.05, 3.63) is 101 Å². The predicted octanol–water partition coefficient (Wildman–Crippen LogP) is 5.49. The minimum atomic E-state index is -0.271. The molecule has 4 aromatic rings. The number of halogens is 1. The minimum absolute atomic E-state index is 0.0646. The summed E-state index contributed by atoms with van der Waals surface area (Å²) in [6.07, 6.45) is 1.75. The normalized spacial score (nSPS) is 10.6. The molecule has 3 aromatic carbocycles. The summed E-state index contributed by atoms with van der Waals surface area (Å²) in [4.78, 5) is 26.3. The Kier molecular flexibility index (Phi) is 6.56. The number of carbonyl (C=O) groups excluding carboxylic acids is 2. The van der Waals surface area contributed by atoms with Crippen molar-refractivity contribution < 1.29 is 9.59 Å². The van der Waals surface area contributed by atoms with Crippen LogP contribution in [0.5, 0.6) is 0 Å². The smallest absolute Gasteiger partial charge is 0.259 e. The number of aromatic nitrogens is 2. The van der Waals surface area contributed by atoms with Gasteiger partial charge >= 0.3 is 0 Å². The quantitative estimate of drug-likeness (QED) is 0.415. The van der Waals surface area contributed by atoms with Crippen LogP contribution in [0.3, 0.4) is 0 Å². The van der Waals surface area contributed by atoms with Crippen molar-refractivity contribution in [2.75, 3.05) is 17.3 Å². The van der Waals surface area contributed by atoms with Crippen LogP contribution in [0.2, 0.25) is 5.02 Å². The molecule has 0 unspecified atom stereocenters. The van der Waals surface area contributed by atoms with Gasteiger partial charge in [0.1, 0.15) is 5.69 Å². The highest BCUT2D eigenvalue weighted by atomic mass is 35.5. The van der Waals surface area contributed by atoms with Crippen LogP contribution in [-0.2, 0) is 11.3 Å². The summed E-state index contributed by atoms with van der Waals surface area (Å²) < 4.78 is 1.76. The van der Waals surface area contributed by atoms with E-state index < -0.39 is 0 Å². The first kappa shape index (κ1) is 22.3. The molecule has 166 valence electrons. The molecule has 2 amide bonds. The number of hydrogen-bond donors (Lipinski definition) is 1. The second kappa shape index (κ2) is 9.71. The molecule has 0 saturated carbocycles. The Morgan fingerprint density at radius 1 is 0.970 bits per heavy atom. The standard InChI is InChI=1S/C26H23ClN4O2/c1-18(32)30(2)23-14-12-22(13-15-23)28-26(33)24-17-31(16-19-6-4-3-5-7-19)29-25(24)20-8-10-21(27)11-9-20/h3-15,17H,16H2,1-2H3,(H,28,33). The number of nitrogens with zero attached hydrogens (tertiary/aromatic N) is 3. The third kappa shape index (κ3) is 5.30. The molecule has 0 bridgehead atoms. The Balaban J connectivity index is 1.62. The summed E-state index contributed by atoms with van der Waals surface area (Å²) in [5, 5.41) is 8.24. The van der Waals surface area contributed by atoms with Crippen molar-refractivity contribution in [3.63, 3.8) is 0 Å². The topological polar surface area (TPSA) is 67.2 Å². The Morgan fingerprint density at radius 2 is 1.64 bits per heavy atom. The van der Waals surface area contributed by atoms with Crippen LogP contribution in [0.15, 0.2) is 85.1 Å². The highest BCUT2D eigenvalue weighted by molar-refractivity contribution is 6.30. The molecule has 0 aliphatic rings. The lowest BCUT2D eigenvalue weighted by atomic mass is 10.1. The van der Waals surface area contributed by atoms with Gasteiger partial charge in [-0.3, -0.25) is 14.3 Å². The highest BCUT2D eigenvalue weighted by Gasteiger charge is 2.19. The van der Waals surface area contributed by atoms with E-state index in [2.05, 4.69) is 5.32 Å². The zero-order chi connectivity index (χ0) is 23.4. The Bertz CT molecular complexity index is 1270. The zero-order valence-electron chi connectivity index (χ0n) is 18.3. The maximum absolute atomic E-state index is 13.2. The fraction of sp³-hybridized carbons (Fsp3) is 0.115. The third-order valence-electron chi connectivity index (χ3n) is 5.30. The number of carbonyl (C=O) groups is 2. The van der Waals surface area contributed by atoms with Gasteiger partial charge < -0.3 is 10.2 Å². The maximum atomic E-state index is 13.2. The Hall–Kier alpha value is -3.90. The van der Waals surface area contributed by atoms with Crippen LogP contribution in [0.25, 0.3) is 11.3 Å². The zero-order valence-corrected chi connectivity index (χ0v) is 19.1. The first-order valence-corrected chi connectivity index (χ1v) is 10.8. The van der Waals surface area contributed by atoms with E-state index in [1.807, 2.05) is 42.5 Å². The summed E-state index contributed by atoms with van der Waals surface area (Å²) in [6.45, 7) is 2.04. The van der Waals surface area contributed by atoms with Gasteiger partial charge in [-0.15, -0.1) is 0 Å². The van der Waals surface area contributed by atoms with Crippen LogP contribution >= 0.6 is 11.6 Å². The third-order valence-corrected chi connectivity index (χ3v) is 5.55. The van der Waals surface area contributed by atoms with E-state index in [9.17, 15) is 9.59 Å². The van der Waals surface area contributed by atoms with Gasteiger partial charge in [0, 0.05) is 42.1 Å². The van der Waals surface area contributed by atoms with Crippen LogP contribution < -0.4 is 10.2 Å². The van der Waals surface area contributed by atoms with Crippen LogP contribution in [-0.4, -0.2) is 28.6 Å². The first-order valence-electron chi connectivity index (χ1n) is 10.4. The SMILES string of the molecule is CC(=O)N(C)c1ccc(NC(=O)c2cn(Cc3ccccc3)nc2-c2ccc(Cl)cc2)cc1. The molecular weight excluding hydrogens is 436 g/mol. The molecule has 0 aliphatic heterocycles. The molecule has 1 N–H and O–H groups in total. The molecule has 7 heteroatoms. The maximum Gasteiger partial charge on any atom is 0.259 e. The second-order valence-electron chi connectivity index (χ2n) is 7.66. The number of amides is 2. The van der Waals surface area contributed by atoms with E-state index in [1.165, 1.54) is 11.8 Å².